The Balaban J connectivity index is 2.32. The van der Waals surface area contributed by atoms with Crippen LogP contribution in [0.5, 0.6) is 0 Å². The summed E-state index contributed by atoms with van der Waals surface area (Å²) in [5.41, 5.74) is 2.75. The van der Waals surface area contributed by atoms with Gasteiger partial charge in [-0.05, 0) is 54.4 Å². The van der Waals surface area contributed by atoms with Gasteiger partial charge in [-0.1, -0.05) is 19.1 Å². The van der Waals surface area contributed by atoms with Crippen LogP contribution in [0.1, 0.15) is 29.0 Å². The van der Waals surface area contributed by atoms with E-state index in [0.29, 0.717) is 6.04 Å². The number of hydrogen-bond donors (Lipinski definition) is 1. The second kappa shape index (κ2) is 6.41. The average Bonchev–Trinajstić information content (AvgIpc) is 2.82. The smallest absolute Gasteiger partial charge is 0.0587 e. The molecule has 1 aromatic heterocycles. The van der Waals surface area contributed by atoms with E-state index in [1.165, 1.54) is 20.9 Å². The summed E-state index contributed by atoms with van der Waals surface area (Å²) in [5, 5.41) is 5.75. The molecule has 0 bridgehead atoms. The Morgan fingerprint density at radius 2 is 1.94 bits per heavy atom. The zero-order valence-electron chi connectivity index (χ0n) is 11.1. The van der Waals surface area contributed by atoms with Crippen molar-refractivity contribution >= 4 is 23.1 Å². The lowest BCUT2D eigenvalue weighted by Crippen LogP contribution is -2.22. The summed E-state index contributed by atoms with van der Waals surface area (Å²) in [4.78, 5) is 2.71. The molecule has 1 N–H and O–H groups in total. The van der Waals surface area contributed by atoms with Crippen molar-refractivity contribution in [2.75, 3.05) is 12.8 Å². The van der Waals surface area contributed by atoms with Crippen molar-refractivity contribution in [2.45, 2.75) is 24.8 Å². The van der Waals surface area contributed by atoms with Crippen molar-refractivity contribution in [3.05, 3.63) is 51.7 Å². The summed E-state index contributed by atoms with van der Waals surface area (Å²) in [6.45, 7) is 5.33. The molecule has 1 unspecified atom stereocenters. The number of hydrogen-bond acceptors (Lipinski definition) is 3. The quantitative estimate of drug-likeness (QED) is 0.809. The van der Waals surface area contributed by atoms with Crippen molar-refractivity contribution < 1.29 is 0 Å². The normalized spacial score (nSPS) is 12.6. The van der Waals surface area contributed by atoms with Crippen molar-refractivity contribution in [1.29, 1.82) is 0 Å². The number of benzene rings is 1. The van der Waals surface area contributed by atoms with E-state index in [9.17, 15) is 0 Å². The first-order valence-corrected chi connectivity index (χ1v) is 8.28. The SMILES string of the molecule is CCNC(c1ccc(SC)cc1)c1ccsc1C. The second-order valence-electron chi connectivity index (χ2n) is 4.20. The van der Waals surface area contributed by atoms with Gasteiger partial charge in [-0.15, -0.1) is 23.1 Å². The van der Waals surface area contributed by atoms with Gasteiger partial charge >= 0.3 is 0 Å². The van der Waals surface area contributed by atoms with E-state index in [1.54, 1.807) is 11.8 Å². The third-order valence-electron chi connectivity index (χ3n) is 3.07. The molecule has 0 aliphatic rings. The van der Waals surface area contributed by atoms with Gasteiger partial charge in [-0.2, -0.15) is 0 Å². The fraction of sp³-hybridized carbons (Fsp3) is 0.333. The van der Waals surface area contributed by atoms with Crippen LogP contribution < -0.4 is 5.32 Å². The Labute approximate surface area is 118 Å². The Kier molecular flexibility index (Phi) is 4.87. The monoisotopic (exact) mass is 277 g/mol. The minimum atomic E-state index is 0.317. The predicted molar refractivity (Wildman–Crippen MR) is 82.8 cm³/mol. The summed E-state index contributed by atoms with van der Waals surface area (Å²) in [5.74, 6) is 0. The third-order valence-corrected chi connectivity index (χ3v) is 4.67. The van der Waals surface area contributed by atoms with Gasteiger partial charge in [0, 0.05) is 9.77 Å². The minimum Gasteiger partial charge on any atom is -0.306 e. The van der Waals surface area contributed by atoms with Crippen LogP contribution in [0.15, 0.2) is 40.6 Å². The van der Waals surface area contributed by atoms with Gasteiger partial charge in [-0.25, -0.2) is 0 Å². The fourth-order valence-corrected chi connectivity index (χ4v) is 3.25. The lowest BCUT2D eigenvalue weighted by Gasteiger charge is -2.19. The van der Waals surface area contributed by atoms with Gasteiger partial charge in [0.2, 0.25) is 0 Å². The highest BCUT2D eigenvalue weighted by atomic mass is 32.2. The Morgan fingerprint density at radius 1 is 1.22 bits per heavy atom. The lowest BCUT2D eigenvalue weighted by atomic mass is 9.99. The topological polar surface area (TPSA) is 12.0 Å². The highest BCUT2D eigenvalue weighted by Gasteiger charge is 2.15. The van der Waals surface area contributed by atoms with Crippen LogP contribution in [0.25, 0.3) is 0 Å². The first kappa shape index (κ1) is 13.7. The highest BCUT2D eigenvalue weighted by Crippen LogP contribution is 2.29. The Bertz CT molecular complexity index is 487. The van der Waals surface area contributed by atoms with Crippen LogP contribution in [0, 0.1) is 6.92 Å². The van der Waals surface area contributed by atoms with E-state index >= 15 is 0 Å². The molecule has 0 saturated carbocycles. The van der Waals surface area contributed by atoms with E-state index in [-0.39, 0.29) is 0 Å². The number of rotatable bonds is 5. The predicted octanol–water partition coefficient (Wildman–Crippen LogP) is 4.48. The fourth-order valence-electron chi connectivity index (χ4n) is 2.10. The van der Waals surface area contributed by atoms with Gasteiger partial charge in [-0.3, -0.25) is 0 Å². The van der Waals surface area contributed by atoms with Gasteiger partial charge in [0.1, 0.15) is 0 Å². The maximum absolute atomic E-state index is 3.58. The molecule has 2 aromatic rings. The van der Waals surface area contributed by atoms with E-state index in [0.717, 1.165) is 6.54 Å². The van der Waals surface area contributed by atoms with Crippen molar-refractivity contribution in [1.82, 2.24) is 5.32 Å². The Morgan fingerprint density at radius 3 is 2.44 bits per heavy atom. The molecule has 1 heterocycles. The van der Waals surface area contributed by atoms with Crippen LogP contribution in [0.2, 0.25) is 0 Å². The number of thioether (sulfide) groups is 1. The van der Waals surface area contributed by atoms with Crippen molar-refractivity contribution in [3.8, 4) is 0 Å². The molecule has 1 atom stereocenters. The van der Waals surface area contributed by atoms with E-state index in [1.807, 2.05) is 11.3 Å². The Hall–Kier alpha value is -0.770. The van der Waals surface area contributed by atoms with Gasteiger partial charge < -0.3 is 5.32 Å². The number of nitrogens with one attached hydrogen (secondary N) is 1. The maximum atomic E-state index is 3.58. The highest BCUT2D eigenvalue weighted by molar-refractivity contribution is 7.98. The first-order valence-electron chi connectivity index (χ1n) is 6.17. The molecule has 0 saturated heterocycles. The van der Waals surface area contributed by atoms with Crippen LogP contribution in [-0.2, 0) is 0 Å². The molecule has 2 rings (SSSR count). The van der Waals surface area contributed by atoms with E-state index < -0.39 is 0 Å². The zero-order chi connectivity index (χ0) is 13.0. The van der Waals surface area contributed by atoms with Crippen LogP contribution >= 0.6 is 23.1 Å². The summed E-state index contributed by atoms with van der Waals surface area (Å²) in [6.07, 6.45) is 2.11. The minimum absolute atomic E-state index is 0.317. The summed E-state index contributed by atoms with van der Waals surface area (Å²) in [7, 11) is 0. The molecule has 0 fully saturated rings. The van der Waals surface area contributed by atoms with Gasteiger partial charge in [0.15, 0.2) is 0 Å². The molecular formula is C15H19NS2. The molecule has 0 radical (unpaired) electrons. The summed E-state index contributed by atoms with van der Waals surface area (Å²) in [6, 6.07) is 11.4. The molecule has 0 aliphatic carbocycles. The molecule has 0 spiro atoms. The van der Waals surface area contributed by atoms with E-state index in [4.69, 9.17) is 0 Å². The van der Waals surface area contributed by atoms with Gasteiger partial charge in [0.05, 0.1) is 6.04 Å². The molecule has 96 valence electrons. The molecular weight excluding hydrogens is 258 g/mol. The molecule has 0 aliphatic heterocycles. The molecule has 1 nitrogen and oxygen atoms in total. The molecule has 3 heteroatoms. The van der Waals surface area contributed by atoms with Crippen LogP contribution in [0.4, 0.5) is 0 Å². The zero-order valence-corrected chi connectivity index (χ0v) is 12.7. The third kappa shape index (κ3) is 2.97. The summed E-state index contributed by atoms with van der Waals surface area (Å²) >= 11 is 3.60. The lowest BCUT2D eigenvalue weighted by molar-refractivity contribution is 0.629. The molecule has 0 amide bonds. The first-order chi connectivity index (χ1) is 8.76. The maximum Gasteiger partial charge on any atom is 0.0587 e. The van der Waals surface area contributed by atoms with E-state index in [2.05, 4.69) is 61.1 Å². The van der Waals surface area contributed by atoms with Gasteiger partial charge in [0.25, 0.3) is 0 Å². The number of thiophene rings is 1. The largest absolute Gasteiger partial charge is 0.306 e. The van der Waals surface area contributed by atoms with Crippen LogP contribution in [-0.4, -0.2) is 12.8 Å². The molecule has 1 aromatic carbocycles. The molecule has 18 heavy (non-hydrogen) atoms. The van der Waals surface area contributed by atoms with Crippen molar-refractivity contribution in [2.24, 2.45) is 0 Å². The standard InChI is InChI=1S/C15H19NS2/c1-4-16-15(14-9-10-18-11(14)2)12-5-7-13(17-3)8-6-12/h5-10,15-16H,4H2,1-3H3. The van der Waals surface area contributed by atoms with Crippen molar-refractivity contribution in [3.63, 3.8) is 0 Å². The van der Waals surface area contributed by atoms with Crippen LogP contribution in [0.3, 0.4) is 0 Å². The second-order valence-corrected chi connectivity index (χ2v) is 6.20. The average molecular weight is 277 g/mol. The number of aryl methyl sites for hydroxylation is 1. The summed E-state index contributed by atoms with van der Waals surface area (Å²) < 4.78 is 0.